The van der Waals surface area contributed by atoms with Crippen LogP contribution in [0.1, 0.15) is 11.3 Å². The molecule has 8 heteroatoms. The maximum absolute atomic E-state index is 14.7. The minimum atomic E-state index is -0.402. The molecule has 0 unspecified atom stereocenters. The van der Waals surface area contributed by atoms with Gasteiger partial charge in [0.05, 0.1) is 30.4 Å². The van der Waals surface area contributed by atoms with E-state index in [1.54, 1.807) is 25.5 Å². The number of halogens is 1. The fourth-order valence-electron chi connectivity index (χ4n) is 3.98. The summed E-state index contributed by atoms with van der Waals surface area (Å²) in [6.07, 6.45) is 3.55. The Kier molecular flexibility index (Phi) is 4.99. The third kappa shape index (κ3) is 3.70. The van der Waals surface area contributed by atoms with Crippen molar-refractivity contribution in [1.29, 1.82) is 0 Å². The molecular weight excluding hydrogens is 397 g/mol. The Labute approximate surface area is 178 Å². The number of fused-ring (bicyclic) bond motifs is 1. The highest BCUT2D eigenvalue weighted by molar-refractivity contribution is 5.82. The van der Waals surface area contributed by atoms with E-state index in [1.807, 2.05) is 12.1 Å². The predicted molar refractivity (Wildman–Crippen MR) is 117 cm³/mol. The molecule has 1 saturated heterocycles. The highest BCUT2D eigenvalue weighted by Gasteiger charge is 2.15. The summed E-state index contributed by atoms with van der Waals surface area (Å²) < 4.78 is 21.6. The molecular formula is C23H22FN5O2. The second-order valence-corrected chi connectivity index (χ2v) is 7.67. The van der Waals surface area contributed by atoms with E-state index < -0.39 is 5.82 Å². The van der Waals surface area contributed by atoms with Gasteiger partial charge in [-0.2, -0.15) is 5.10 Å². The Morgan fingerprint density at radius 2 is 1.94 bits per heavy atom. The van der Waals surface area contributed by atoms with Gasteiger partial charge in [-0.3, -0.25) is 9.89 Å². The van der Waals surface area contributed by atoms with E-state index in [1.165, 1.54) is 10.6 Å². The Morgan fingerprint density at radius 1 is 1.16 bits per heavy atom. The normalized spacial score (nSPS) is 14.3. The molecule has 5 rings (SSSR count). The molecule has 0 bridgehead atoms. The van der Waals surface area contributed by atoms with Gasteiger partial charge in [-0.15, -0.1) is 0 Å². The number of benzene rings is 2. The van der Waals surface area contributed by atoms with Crippen molar-refractivity contribution in [2.45, 2.75) is 6.42 Å². The second kappa shape index (κ2) is 7.96. The molecule has 0 saturated carbocycles. The number of aromatic amines is 1. The highest BCUT2D eigenvalue weighted by atomic mass is 19.1. The highest BCUT2D eigenvalue weighted by Crippen LogP contribution is 2.26. The molecule has 1 N–H and O–H groups in total. The molecule has 158 valence electrons. The molecule has 0 spiro atoms. The standard InChI is InChI=1S/C23H22FN5O2/c1-28-22-11-18(16-13-25-26-14-16)19(24)12-20(22)27-21(23(28)30)10-15-2-4-17(5-3-15)29-6-8-31-9-7-29/h2-5,11-14H,6-10H2,1H3,(H,25,26). The van der Waals surface area contributed by atoms with Crippen LogP contribution in [0.3, 0.4) is 0 Å². The van der Waals surface area contributed by atoms with Crippen molar-refractivity contribution in [2.24, 2.45) is 7.05 Å². The lowest BCUT2D eigenvalue weighted by molar-refractivity contribution is 0.122. The van der Waals surface area contributed by atoms with Crippen LogP contribution in [-0.2, 0) is 18.2 Å². The van der Waals surface area contributed by atoms with Crippen LogP contribution in [0.25, 0.3) is 22.2 Å². The lowest BCUT2D eigenvalue weighted by Gasteiger charge is -2.28. The number of nitrogens with one attached hydrogen (secondary N) is 1. The average Bonchev–Trinajstić information content (AvgIpc) is 3.33. The summed E-state index contributed by atoms with van der Waals surface area (Å²) >= 11 is 0. The van der Waals surface area contributed by atoms with Crippen LogP contribution in [0.5, 0.6) is 0 Å². The molecule has 0 radical (unpaired) electrons. The van der Waals surface area contributed by atoms with Gasteiger partial charge in [0.15, 0.2) is 0 Å². The van der Waals surface area contributed by atoms with Gasteiger partial charge in [0.25, 0.3) is 5.56 Å². The summed E-state index contributed by atoms with van der Waals surface area (Å²) in [6, 6.07) is 11.2. The fourth-order valence-corrected chi connectivity index (χ4v) is 3.98. The van der Waals surface area contributed by atoms with E-state index in [0.29, 0.717) is 34.3 Å². The van der Waals surface area contributed by atoms with Crippen LogP contribution in [0.15, 0.2) is 53.6 Å². The molecule has 4 aromatic rings. The number of aromatic nitrogens is 4. The molecule has 1 fully saturated rings. The quantitative estimate of drug-likeness (QED) is 0.551. The van der Waals surface area contributed by atoms with Crippen molar-refractivity contribution < 1.29 is 9.13 Å². The molecule has 0 amide bonds. The van der Waals surface area contributed by atoms with E-state index >= 15 is 0 Å². The molecule has 0 aliphatic carbocycles. The molecule has 3 heterocycles. The third-order valence-corrected chi connectivity index (χ3v) is 5.73. The number of hydrogen-bond donors (Lipinski definition) is 1. The summed E-state index contributed by atoms with van der Waals surface area (Å²) in [4.78, 5) is 19.7. The largest absolute Gasteiger partial charge is 0.378 e. The average molecular weight is 419 g/mol. The Bertz CT molecular complexity index is 1280. The Morgan fingerprint density at radius 3 is 2.65 bits per heavy atom. The van der Waals surface area contributed by atoms with Gasteiger partial charge in [-0.05, 0) is 23.8 Å². The van der Waals surface area contributed by atoms with Crippen LogP contribution in [0.4, 0.5) is 10.1 Å². The second-order valence-electron chi connectivity index (χ2n) is 7.67. The first-order chi connectivity index (χ1) is 15.1. The van der Waals surface area contributed by atoms with E-state index in [-0.39, 0.29) is 5.56 Å². The zero-order chi connectivity index (χ0) is 21.4. The third-order valence-electron chi connectivity index (χ3n) is 5.73. The molecule has 7 nitrogen and oxygen atoms in total. The minimum absolute atomic E-state index is 0.186. The first-order valence-electron chi connectivity index (χ1n) is 10.2. The molecule has 1 aliphatic heterocycles. The van der Waals surface area contributed by atoms with Gasteiger partial charge in [-0.1, -0.05) is 12.1 Å². The van der Waals surface area contributed by atoms with Crippen LogP contribution in [-0.4, -0.2) is 46.1 Å². The van der Waals surface area contributed by atoms with Gasteiger partial charge in [0.1, 0.15) is 11.5 Å². The predicted octanol–water partition coefficient (Wildman–Crippen LogP) is 2.89. The molecule has 1 aliphatic rings. The topological polar surface area (TPSA) is 76.0 Å². The number of anilines is 1. The summed E-state index contributed by atoms with van der Waals surface area (Å²) in [7, 11) is 1.69. The van der Waals surface area contributed by atoms with Gasteiger partial charge in [-0.25, -0.2) is 9.37 Å². The fraction of sp³-hybridized carbons (Fsp3) is 0.261. The lowest BCUT2D eigenvalue weighted by atomic mass is 10.1. The van der Waals surface area contributed by atoms with E-state index in [2.05, 4.69) is 32.2 Å². The van der Waals surface area contributed by atoms with E-state index in [9.17, 15) is 9.18 Å². The summed E-state index contributed by atoms with van der Waals surface area (Å²) in [6.45, 7) is 3.21. The van der Waals surface area contributed by atoms with Gasteiger partial charge in [0, 0.05) is 55.6 Å². The Hall–Kier alpha value is -3.52. The van der Waals surface area contributed by atoms with E-state index in [4.69, 9.17) is 4.74 Å². The number of aryl methyl sites for hydroxylation is 1. The van der Waals surface area contributed by atoms with Crippen LogP contribution >= 0.6 is 0 Å². The van der Waals surface area contributed by atoms with Gasteiger partial charge < -0.3 is 14.2 Å². The SMILES string of the molecule is Cn1c(=O)c(Cc2ccc(N3CCOCC3)cc2)nc2cc(F)c(-c3cn[nH]c3)cc21. The number of hydrogen-bond acceptors (Lipinski definition) is 5. The Balaban J connectivity index is 1.47. The number of nitrogens with zero attached hydrogens (tertiary/aromatic N) is 4. The van der Waals surface area contributed by atoms with Crippen molar-refractivity contribution in [3.63, 3.8) is 0 Å². The van der Waals surface area contributed by atoms with E-state index in [0.717, 1.165) is 37.6 Å². The zero-order valence-electron chi connectivity index (χ0n) is 17.1. The van der Waals surface area contributed by atoms with Gasteiger partial charge in [0.2, 0.25) is 0 Å². The lowest BCUT2D eigenvalue weighted by Crippen LogP contribution is -2.36. The molecule has 2 aromatic heterocycles. The summed E-state index contributed by atoms with van der Waals surface area (Å²) in [5.41, 5.74) is 4.36. The van der Waals surface area contributed by atoms with Crippen molar-refractivity contribution >= 4 is 16.7 Å². The van der Waals surface area contributed by atoms with Crippen molar-refractivity contribution in [3.8, 4) is 11.1 Å². The maximum Gasteiger partial charge on any atom is 0.272 e. The van der Waals surface area contributed by atoms with Crippen LogP contribution < -0.4 is 10.5 Å². The molecule has 0 atom stereocenters. The van der Waals surface area contributed by atoms with Crippen molar-refractivity contribution in [3.05, 3.63) is 76.2 Å². The minimum Gasteiger partial charge on any atom is -0.378 e. The number of rotatable bonds is 4. The van der Waals surface area contributed by atoms with Crippen molar-refractivity contribution in [2.75, 3.05) is 31.2 Å². The molecule has 31 heavy (non-hydrogen) atoms. The van der Waals surface area contributed by atoms with Crippen LogP contribution in [0.2, 0.25) is 0 Å². The molecule has 2 aromatic carbocycles. The zero-order valence-corrected chi connectivity index (χ0v) is 17.1. The first-order valence-corrected chi connectivity index (χ1v) is 10.2. The summed E-state index contributed by atoms with van der Waals surface area (Å²) in [5.74, 6) is -0.402. The van der Waals surface area contributed by atoms with Crippen LogP contribution in [0, 0.1) is 5.82 Å². The first kappa shape index (κ1) is 19.4. The number of morpholine rings is 1. The summed E-state index contributed by atoms with van der Waals surface area (Å²) in [5, 5.41) is 6.55. The monoisotopic (exact) mass is 419 g/mol. The smallest absolute Gasteiger partial charge is 0.272 e. The van der Waals surface area contributed by atoms with Gasteiger partial charge >= 0.3 is 0 Å². The number of ether oxygens (including phenoxy) is 1. The number of H-pyrrole nitrogens is 1. The maximum atomic E-state index is 14.7. The van der Waals surface area contributed by atoms with Crippen molar-refractivity contribution in [1.82, 2.24) is 19.7 Å².